The number of anilines is 3. The number of rotatable bonds is 5. The Morgan fingerprint density at radius 2 is 1.85 bits per heavy atom. The Labute approximate surface area is 152 Å². The molecule has 0 saturated heterocycles. The summed E-state index contributed by atoms with van der Waals surface area (Å²) in [6.45, 7) is 0. The SMILES string of the molecule is O=C(Nc1cccc(NC(=O)c2ccco2)c1)Nc1nnc(C2CC2)s1. The second kappa shape index (κ2) is 6.96. The number of carbonyl (C=O) groups is 2. The number of hydrogen-bond donors (Lipinski definition) is 3. The average Bonchev–Trinajstić information content (AvgIpc) is 3.12. The fourth-order valence-corrected chi connectivity index (χ4v) is 3.22. The number of nitrogens with zero attached hydrogens (tertiary/aromatic N) is 2. The maximum atomic E-state index is 12.1. The molecule has 3 N–H and O–H groups in total. The van der Waals surface area contributed by atoms with Crippen molar-refractivity contribution in [1.82, 2.24) is 10.2 Å². The summed E-state index contributed by atoms with van der Waals surface area (Å²) in [6, 6.07) is 9.61. The van der Waals surface area contributed by atoms with E-state index in [-0.39, 0.29) is 11.7 Å². The number of urea groups is 1. The van der Waals surface area contributed by atoms with Crippen LogP contribution in [0.15, 0.2) is 47.1 Å². The van der Waals surface area contributed by atoms with Gasteiger partial charge >= 0.3 is 6.03 Å². The fourth-order valence-electron chi connectivity index (χ4n) is 2.31. The summed E-state index contributed by atoms with van der Waals surface area (Å²) in [4.78, 5) is 24.1. The smallest absolute Gasteiger partial charge is 0.325 e. The third-order valence-corrected chi connectivity index (χ3v) is 4.71. The summed E-state index contributed by atoms with van der Waals surface area (Å²) >= 11 is 1.39. The molecule has 8 nitrogen and oxygen atoms in total. The number of amides is 3. The van der Waals surface area contributed by atoms with Crippen LogP contribution in [0.1, 0.15) is 34.3 Å². The minimum Gasteiger partial charge on any atom is -0.459 e. The second-order valence-electron chi connectivity index (χ2n) is 5.81. The number of aromatic nitrogens is 2. The first-order valence-corrected chi connectivity index (χ1v) is 8.85. The maximum Gasteiger partial charge on any atom is 0.325 e. The Morgan fingerprint density at radius 3 is 2.58 bits per heavy atom. The van der Waals surface area contributed by atoms with E-state index in [9.17, 15) is 9.59 Å². The molecule has 3 aromatic rings. The van der Waals surface area contributed by atoms with E-state index < -0.39 is 6.03 Å². The molecule has 2 aromatic heterocycles. The summed E-state index contributed by atoms with van der Waals surface area (Å²) in [5.74, 6) is 0.350. The lowest BCUT2D eigenvalue weighted by Crippen LogP contribution is -2.19. The van der Waals surface area contributed by atoms with Crippen molar-refractivity contribution in [2.24, 2.45) is 0 Å². The molecule has 0 spiro atoms. The van der Waals surface area contributed by atoms with E-state index in [0.717, 1.165) is 17.8 Å². The average molecular weight is 369 g/mol. The standard InChI is InChI=1S/C17H15N5O3S/c23-14(13-5-2-8-25-13)18-11-3-1-4-12(9-11)19-16(24)20-17-22-21-15(26-17)10-6-7-10/h1-5,8-10H,6-7H2,(H,18,23)(H2,19,20,22,24). The van der Waals surface area contributed by atoms with E-state index in [2.05, 4.69) is 26.1 Å². The summed E-state index contributed by atoms with van der Waals surface area (Å²) < 4.78 is 5.05. The van der Waals surface area contributed by atoms with Gasteiger partial charge in [0.2, 0.25) is 5.13 Å². The molecule has 132 valence electrons. The van der Waals surface area contributed by atoms with Crippen LogP contribution in [0.2, 0.25) is 0 Å². The maximum absolute atomic E-state index is 12.1. The Morgan fingerprint density at radius 1 is 1.04 bits per heavy atom. The number of carbonyl (C=O) groups excluding carboxylic acids is 2. The number of benzene rings is 1. The predicted octanol–water partition coefficient (Wildman–Crippen LogP) is 3.90. The molecule has 0 aliphatic heterocycles. The third kappa shape index (κ3) is 3.89. The summed E-state index contributed by atoms with van der Waals surface area (Å²) in [6.07, 6.45) is 3.70. The van der Waals surface area contributed by atoms with Gasteiger partial charge in [0.25, 0.3) is 5.91 Å². The first kappa shape index (κ1) is 16.3. The molecule has 1 aromatic carbocycles. The molecule has 0 bridgehead atoms. The van der Waals surface area contributed by atoms with Crippen molar-refractivity contribution in [1.29, 1.82) is 0 Å². The zero-order valence-electron chi connectivity index (χ0n) is 13.6. The van der Waals surface area contributed by atoms with Gasteiger partial charge in [0, 0.05) is 17.3 Å². The molecule has 3 amide bonds. The largest absolute Gasteiger partial charge is 0.459 e. The highest BCUT2D eigenvalue weighted by molar-refractivity contribution is 7.15. The fraction of sp³-hybridized carbons (Fsp3) is 0.176. The van der Waals surface area contributed by atoms with E-state index in [1.165, 1.54) is 17.6 Å². The van der Waals surface area contributed by atoms with Crippen LogP contribution >= 0.6 is 11.3 Å². The van der Waals surface area contributed by atoms with Crippen molar-refractivity contribution in [3.8, 4) is 0 Å². The van der Waals surface area contributed by atoms with E-state index in [4.69, 9.17) is 4.42 Å². The first-order chi connectivity index (χ1) is 12.7. The molecule has 4 rings (SSSR count). The predicted molar refractivity (Wildman–Crippen MR) is 97.6 cm³/mol. The molecule has 0 radical (unpaired) electrons. The van der Waals surface area contributed by atoms with Gasteiger partial charge in [0.15, 0.2) is 5.76 Å². The van der Waals surface area contributed by atoms with Crippen LogP contribution in [0.4, 0.5) is 21.3 Å². The third-order valence-electron chi connectivity index (χ3n) is 3.71. The molecular weight excluding hydrogens is 354 g/mol. The van der Waals surface area contributed by atoms with E-state index in [1.807, 2.05) is 0 Å². The Kier molecular flexibility index (Phi) is 4.36. The second-order valence-corrected chi connectivity index (χ2v) is 6.82. The van der Waals surface area contributed by atoms with Crippen molar-refractivity contribution < 1.29 is 14.0 Å². The van der Waals surface area contributed by atoms with Crippen LogP contribution in [0, 0.1) is 0 Å². The van der Waals surface area contributed by atoms with Crippen molar-refractivity contribution >= 4 is 39.8 Å². The highest BCUT2D eigenvalue weighted by Crippen LogP contribution is 2.42. The molecule has 2 heterocycles. The number of nitrogens with one attached hydrogen (secondary N) is 3. The van der Waals surface area contributed by atoms with Crippen molar-refractivity contribution in [2.45, 2.75) is 18.8 Å². The lowest BCUT2D eigenvalue weighted by molar-refractivity contribution is 0.0996. The van der Waals surface area contributed by atoms with Crippen LogP contribution < -0.4 is 16.0 Å². The van der Waals surface area contributed by atoms with Gasteiger partial charge in [-0.05, 0) is 43.2 Å². The first-order valence-electron chi connectivity index (χ1n) is 8.04. The lowest BCUT2D eigenvalue weighted by Gasteiger charge is -2.08. The summed E-state index contributed by atoms with van der Waals surface area (Å²) in [7, 11) is 0. The molecule has 1 fully saturated rings. The van der Waals surface area contributed by atoms with Crippen molar-refractivity contribution in [2.75, 3.05) is 16.0 Å². The number of hydrogen-bond acceptors (Lipinski definition) is 6. The minimum atomic E-state index is -0.419. The quantitative estimate of drug-likeness (QED) is 0.632. The monoisotopic (exact) mass is 369 g/mol. The molecule has 1 aliphatic rings. The van der Waals surface area contributed by atoms with Crippen LogP contribution in [-0.4, -0.2) is 22.1 Å². The molecular formula is C17H15N5O3S. The van der Waals surface area contributed by atoms with Gasteiger partial charge in [-0.2, -0.15) is 0 Å². The zero-order valence-corrected chi connectivity index (χ0v) is 14.4. The van der Waals surface area contributed by atoms with E-state index in [1.54, 1.807) is 36.4 Å². The highest BCUT2D eigenvalue weighted by Gasteiger charge is 2.27. The van der Waals surface area contributed by atoms with E-state index in [0.29, 0.717) is 22.4 Å². The molecule has 1 saturated carbocycles. The molecule has 0 atom stereocenters. The lowest BCUT2D eigenvalue weighted by atomic mass is 10.2. The topological polar surface area (TPSA) is 109 Å². The van der Waals surface area contributed by atoms with Gasteiger partial charge < -0.3 is 15.1 Å². The van der Waals surface area contributed by atoms with Gasteiger partial charge in [0.05, 0.1) is 6.26 Å². The van der Waals surface area contributed by atoms with Crippen LogP contribution in [0.3, 0.4) is 0 Å². The minimum absolute atomic E-state index is 0.212. The molecule has 26 heavy (non-hydrogen) atoms. The zero-order chi connectivity index (χ0) is 17.9. The Balaban J connectivity index is 1.36. The van der Waals surface area contributed by atoms with Crippen molar-refractivity contribution in [3.05, 3.63) is 53.4 Å². The van der Waals surface area contributed by atoms with Gasteiger partial charge in [-0.25, -0.2) is 4.79 Å². The summed E-state index contributed by atoms with van der Waals surface area (Å²) in [5, 5.41) is 17.6. The van der Waals surface area contributed by atoms with Crippen LogP contribution in [-0.2, 0) is 0 Å². The van der Waals surface area contributed by atoms with Crippen LogP contribution in [0.25, 0.3) is 0 Å². The van der Waals surface area contributed by atoms with Crippen LogP contribution in [0.5, 0.6) is 0 Å². The van der Waals surface area contributed by atoms with Crippen molar-refractivity contribution in [3.63, 3.8) is 0 Å². The van der Waals surface area contributed by atoms with Gasteiger partial charge in [-0.1, -0.05) is 17.4 Å². The molecule has 0 unspecified atom stereocenters. The Hall–Kier alpha value is -3.20. The van der Waals surface area contributed by atoms with Gasteiger partial charge in [-0.3, -0.25) is 10.1 Å². The Bertz CT molecular complexity index is 934. The number of furan rings is 1. The normalized spacial score (nSPS) is 13.2. The van der Waals surface area contributed by atoms with Gasteiger partial charge in [-0.15, -0.1) is 10.2 Å². The molecule has 1 aliphatic carbocycles. The summed E-state index contributed by atoms with van der Waals surface area (Å²) in [5.41, 5.74) is 1.07. The van der Waals surface area contributed by atoms with Gasteiger partial charge in [0.1, 0.15) is 5.01 Å². The van der Waals surface area contributed by atoms with E-state index >= 15 is 0 Å². The molecule has 9 heteroatoms. The highest BCUT2D eigenvalue weighted by atomic mass is 32.1.